The molecule has 0 bridgehead atoms. The van der Waals surface area contributed by atoms with E-state index < -0.39 is 6.04 Å². The van der Waals surface area contributed by atoms with E-state index in [1.54, 1.807) is 6.92 Å². The highest BCUT2D eigenvalue weighted by atomic mass is 16.5. The summed E-state index contributed by atoms with van der Waals surface area (Å²) in [4.78, 5) is 16.1. The molecule has 6 nitrogen and oxygen atoms in total. The lowest BCUT2D eigenvalue weighted by Gasteiger charge is -2.13. The number of nitrogens with zero attached hydrogens (tertiary/aromatic N) is 2. The van der Waals surface area contributed by atoms with Crippen molar-refractivity contribution in [1.82, 2.24) is 14.9 Å². The van der Waals surface area contributed by atoms with Crippen molar-refractivity contribution in [3.8, 4) is 11.1 Å². The maximum atomic E-state index is 11.3. The lowest BCUT2D eigenvalue weighted by atomic mass is 10.0. The topological polar surface area (TPSA) is 82.2 Å². The van der Waals surface area contributed by atoms with E-state index >= 15 is 0 Å². The molecule has 1 atom stereocenters. The summed E-state index contributed by atoms with van der Waals surface area (Å²) in [5, 5.41) is 3.15. The van der Waals surface area contributed by atoms with E-state index in [4.69, 9.17) is 15.5 Å². The Morgan fingerprint density at radius 3 is 2.79 bits per heavy atom. The van der Waals surface area contributed by atoms with Crippen LogP contribution >= 0.6 is 0 Å². The van der Waals surface area contributed by atoms with Crippen molar-refractivity contribution in [3.05, 3.63) is 53.9 Å². The Bertz CT molecular complexity index is 964. The molecule has 3 aromatic rings. The van der Waals surface area contributed by atoms with E-state index in [1.165, 1.54) is 11.1 Å². The molecule has 0 aliphatic heterocycles. The Morgan fingerprint density at radius 2 is 2.07 bits per heavy atom. The fraction of sp³-hybridized carbons (Fsp3) is 0.364. The monoisotopic (exact) mass is 380 g/mol. The van der Waals surface area contributed by atoms with Crippen LogP contribution in [0.4, 0.5) is 0 Å². The van der Waals surface area contributed by atoms with Crippen LogP contribution in [0.15, 0.2) is 42.5 Å². The number of fused-ring (bicyclic) bond motifs is 1. The second kappa shape index (κ2) is 8.99. The molecule has 0 saturated heterocycles. The Kier molecular flexibility index (Phi) is 6.44. The molecule has 3 rings (SSSR count). The highest BCUT2D eigenvalue weighted by Gasteiger charge is 2.15. The standard InChI is InChI=1S/C22H28N4O2/c1-4-28-12-11-26-20-13-17(18-8-6-5-7-15(18)2)9-10-19(20)25-21(26)14-24-16(3)22(23)27/h5-10,13,16,24H,4,11-12,14H2,1-3H3,(H2,23,27)/t16-/m0/s1. The second-order valence-corrected chi connectivity index (χ2v) is 6.90. The number of rotatable bonds is 9. The summed E-state index contributed by atoms with van der Waals surface area (Å²) in [5.41, 5.74) is 11.0. The van der Waals surface area contributed by atoms with E-state index in [9.17, 15) is 4.79 Å². The number of primary amides is 1. The Labute approximate surface area is 165 Å². The number of hydrogen-bond acceptors (Lipinski definition) is 4. The van der Waals surface area contributed by atoms with Crippen molar-refractivity contribution in [2.75, 3.05) is 13.2 Å². The van der Waals surface area contributed by atoms with Crippen molar-refractivity contribution < 1.29 is 9.53 Å². The summed E-state index contributed by atoms with van der Waals surface area (Å²) in [6, 6.07) is 14.3. The fourth-order valence-corrected chi connectivity index (χ4v) is 3.27. The van der Waals surface area contributed by atoms with Gasteiger partial charge in [-0.3, -0.25) is 10.1 Å². The van der Waals surface area contributed by atoms with Crippen molar-refractivity contribution in [2.45, 2.75) is 39.9 Å². The molecule has 0 radical (unpaired) electrons. The molecule has 2 aromatic carbocycles. The van der Waals surface area contributed by atoms with Gasteiger partial charge in [0, 0.05) is 13.2 Å². The van der Waals surface area contributed by atoms with Gasteiger partial charge < -0.3 is 15.0 Å². The van der Waals surface area contributed by atoms with Gasteiger partial charge in [-0.15, -0.1) is 0 Å². The summed E-state index contributed by atoms with van der Waals surface area (Å²) >= 11 is 0. The van der Waals surface area contributed by atoms with Crippen molar-refractivity contribution in [3.63, 3.8) is 0 Å². The predicted octanol–water partition coefficient (Wildman–Crippen LogP) is 3.01. The molecular weight excluding hydrogens is 352 g/mol. The van der Waals surface area contributed by atoms with Gasteiger partial charge >= 0.3 is 0 Å². The maximum Gasteiger partial charge on any atom is 0.234 e. The van der Waals surface area contributed by atoms with Crippen LogP contribution in [0.5, 0.6) is 0 Å². The number of carbonyl (C=O) groups excluding carboxylic acids is 1. The third kappa shape index (κ3) is 4.40. The summed E-state index contributed by atoms with van der Waals surface area (Å²) in [6.45, 7) is 8.30. The molecule has 0 spiro atoms. The van der Waals surface area contributed by atoms with Gasteiger partial charge in [0.05, 0.1) is 30.2 Å². The van der Waals surface area contributed by atoms with E-state index in [2.05, 4.69) is 53.2 Å². The van der Waals surface area contributed by atoms with Crippen LogP contribution in [-0.4, -0.2) is 34.7 Å². The number of benzene rings is 2. The van der Waals surface area contributed by atoms with Crippen LogP contribution in [0, 0.1) is 6.92 Å². The van der Waals surface area contributed by atoms with Gasteiger partial charge in [0.2, 0.25) is 5.91 Å². The van der Waals surface area contributed by atoms with Crippen LogP contribution in [0.1, 0.15) is 25.2 Å². The Hall–Kier alpha value is -2.70. The summed E-state index contributed by atoms with van der Waals surface area (Å²) in [5.74, 6) is 0.489. The molecule has 3 N–H and O–H groups in total. The minimum Gasteiger partial charge on any atom is -0.380 e. The second-order valence-electron chi connectivity index (χ2n) is 6.90. The molecule has 1 aromatic heterocycles. The first kappa shape index (κ1) is 20.0. The molecule has 0 saturated carbocycles. The predicted molar refractivity (Wildman–Crippen MR) is 112 cm³/mol. The average molecular weight is 380 g/mol. The summed E-state index contributed by atoms with van der Waals surface area (Å²) in [6.07, 6.45) is 0. The van der Waals surface area contributed by atoms with Gasteiger partial charge in [0.15, 0.2) is 0 Å². The lowest BCUT2D eigenvalue weighted by Crippen LogP contribution is -2.38. The number of aryl methyl sites for hydroxylation is 1. The molecule has 1 amide bonds. The van der Waals surface area contributed by atoms with Crippen LogP contribution in [0.2, 0.25) is 0 Å². The first-order valence-electron chi connectivity index (χ1n) is 9.67. The van der Waals surface area contributed by atoms with E-state index in [1.807, 2.05) is 13.0 Å². The molecular formula is C22H28N4O2. The number of nitrogens with one attached hydrogen (secondary N) is 1. The molecule has 1 heterocycles. The molecule has 0 fully saturated rings. The zero-order valence-corrected chi connectivity index (χ0v) is 16.7. The van der Waals surface area contributed by atoms with E-state index in [0.717, 1.165) is 22.4 Å². The fourth-order valence-electron chi connectivity index (χ4n) is 3.27. The molecule has 28 heavy (non-hydrogen) atoms. The largest absolute Gasteiger partial charge is 0.380 e. The van der Waals surface area contributed by atoms with Crippen molar-refractivity contribution in [2.24, 2.45) is 5.73 Å². The average Bonchev–Trinajstić information content (AvgIpc) is 3.03. The van der Waals surface area contributed by atoms with Crippen molar-refractivity contribution in [1.29, 1.82) is 0 Å². The zero-order chi connectivity index (χ0) is 20.1. The van der Waals surface area contributed by atoms with Gasteiger partial charge in [-0.1, -0.05) is 30.3 Å². The van der Waals surface area contributed by atoms with Gasteiger partial charge in [-0.25, -0.2) is 4.98 Å². The van der Waals surface area contributed by atoms with E-state index in [0.29, 0.717) is 26.3 Å². The number of ether oxygens (including phenoxy) is 1. The maximum absolute atomic E-state index is 11.3. The Morgan fingerprint density at radius 1 is 1.29 bits per heavy atom. The number of nitrogens with two attached hydrogens (primary N) is 1. The number of imidazole rings is 1. The number of hydrogen-bond donors (Lipinski definition) is 2. The van der Waals surface area contributed by atoms with Gasteiger partial charge in [-0.2, -0.15) is 0 Å². The number of carbonyl (C=O) groups is 1. The quantitative estimate of drug-likeness (QED) is 0.559. The Balaban J connectivity index is 1.99. The molecule has 148 valence electrons. The van der Waals surface area contributed by atoms with Gasteiger partial charge in [-0.05, 0) is 49.6 Å². The SMILES string of the molecule is CCOCCn1c(CN[C@@H](C)C(N)=O)nc2ccc(-c3ccccc3C)cc21. The summed E-state index contributed by atoms with van der Waals surface area (Å²) < 4.78 is 7.73. The van der Waals surface area contributed by atoms with E-state index in [-0.39, 0.29) is 5.91 Å². The minimum atomic E-state index is -0.414. The molecule has 0 unspecified atom stereocenters. The van der Waals surface area contributed by atoms with Crippen LogP contribution in [0.25, 0.3) is 22.2 Å². The summed E-state index contributed by atoms with van der Waals surface area (Å²) in [7, 11) is 0. The highest BCUT2D eigenvalue weighted by molar-refractivity contribution is 5.83. The number of aromatic nitrogens is 2. The molecule has 6 heteroatoms. The van der Waals surface area contributed by atoms with Crippen LogP contribution in [-0.2, 0) is 22.6 Å². The third-order valence-corrected chi connectivity index (χ3v) is 4.94. The minimum absolute atomic E-state index is 0.376. The van der Waals surface area contributed by atoms with Gasteiger partial charge in [0.25, 0.3) is 0 Å². The first-order chi connectivity index (χ1) is 13.5. The normalized spacial score (nSPS) is 12.4. The van der Waals surface area contributed by atoms with Crippen LogP contribution < -0.4 is 11.1 Å². The first-order valence-corrected chi connectivity index (χ1v) is 9.67. The van der Waals surface area contributed by atoms with Crippen molar-refractivity contribution >= 4 is 16.9 Å². The smallest absolute Gasteiger partial charge is 0.234 e. The number of amides is 1. The zero-order valence-electron chi connectivity index (χ0n) is 16.7. The molecule has 0 aliphatic rings. The van der Waals surface area contributed by atoms with Crippen LogP contribution in [0.3, 0.4) is 0 Å². The lowest BCUT2D eigenvalue weighted by molar-refractivity contribution is -0.119. The van der Waals surface area contributed by atoms with Gasteiger partial charge in [0.1, 0.15) is 5.82 Å². The highest BCUT2D eigenvalue weighted by Crippen LogP contribution is 2.27. The third-order valence-electron chi connectivity index (χ3n) is 4.94. The molecule has 0 aliphatic carbocycles.